The highest BCUT2D eigenvalue weighted by atomic mass is 16.6. The molecule has 1 saturated heterocycles. The van der Waals surface area contributed by atoms with Gasteiger partial charge in [0.1, 0.15) is 24.4 Å². The van der Waals surface area contributed by atoms with Crippen LogP contribution in [0.15, 0.2) is 26.3 Å². The summed E-state index contributed by atoms with van der Waals surface area (Å²) in [7, 11) is 0. The standard InChI is InChI=1S/C8H15NO6.2C2H4/c1-3(11)9-5-7(13)6(12)4(2-10)15-8(5)14;2*1-2/h4-8,10,12-14H,2H2,1H3,(H,9,11);2*1-2H2/t4?,5?,6-,7-,8?;;/m0../s1. The number of nitrogens with one attached hydrogen (secondary N) is 1. The van der Waals surface area contributed by atoms with Crippen LogP contribution in [0.2, 0.25) is 0 Å². The maximum Gasteiger partial charge on any atom is 0.217 e. The molecule has 112 valence electrons. The fraction of sp³-hybridized carbons (Fsp3) is 0.583. The monoisotopic (exact) mass is 277 g/mol. The van der Waals surface area contributed by atoms with E-state index in [1.807, 2.05) is 0 Å². The number of hydrogen-bond donors (Lipinski definition) is 5. The van der Waals surface area contributed by atoms with Crippen molar-refractivity contribution in [1.82, 2.24) is 5.32 Å². The number of amides is 1. The number of rotatable bonds is 2. The second-order valence-electron chi connectivity index (χ2n) is 3.46. The molecule has 7 heteroatoms. The van der Waals surface area contributed by atoms with Gasteiger partial charge in [0.05, 0.1) is 6.61 Å². The number of aliphatic hydroxyl groups excluding tert-OH is 4. The second kappa shape index (κ2) is 10.7. The molecule has 0 aromatic heterocycles. The lowest BCUT2D eigenvalue weighted by molar-refractivity contribution is -0.253. The third-order valence-electron chi connectivity index (χ3n) is 2.27. The van der Waals surface area contributed by atoms with Crippen molar-refractivity contribution in [2.75, 3.05) is 6.61 Å². The van der Waals surface area contributed by atoms with E-state index in [9.17, 15) is 20.1 Å². The van der Waals surface area contributed by atoms with Crippen LogP contribution >= 0.6 is 0 Å². The molecule has 1 fully saturated rings. The lowest BCUT2D eigenvalue weighted by atomic mass is 9.97. The summed E-state index contributed by atoms with van der Waals surface area (Å²) in [5, 5.41) is 39.4. The average Bonchev–Trinajstić information content (AvgIpc) is 2.43. The minimum absolute atomic E-state index is 0.462. The lowest BCUT2D eigenvalue weighted by Gasteiger charge is -2.40. The summed E-state index contributed by atoms with van der Waals surface area (Å²) in [5.74, 6) is -0.462. The Morgan fingerprint density at radius 3 is 2.00 bits per heavy atom. The normalized spacial score (nSPS) is 33.0. The molecule has 1 rings (SSSR count). The Morgan fingerprint density at radius 1 is 1.16 bits per heavy atom. The molecule has 1 aliphatic rings. The van der Waals surface area contributed by atoms with Crippen LogP contribution in [0.25, 0.3) is 0 Å². The molecule has 1 aliphatic heterocycles. The number of hydrogen-bond acceptors (Lipinski definition) is 6. The van der Waals surface area contributed by atoms with Gasteiger partial charge in [0.15, 0.2) is 6.29 Å². The van der Waals surface area contributed by atoms with Crippen molar-refractivity contribution >= 4 is 5.91 Å². The maximum atomic E-state index is 10.7. The van der Waals surface area contributed by atoms with Crippen LogP contribution < -0.4 is 5.32 Å². The molecule has 7 nitrogen and oxygen atoms in total. The first kappa shape index (κ1) is 20.1. The summed E-state index contributed by atoms with van der Waals surface area (Å²) in [6.45, 7) is 12.7. The lowest BCUT2D eigenvalue weighted by Crippen LogP contribution is -2.63. The highest BCUT2D eigenvalue weighted by Crippen LogP contribution is 2.19. The van der Waals surface area contributed by atoms with Gasteiger partial charge in [-0.2, -0.15) is 0 Å². The summed E-state index contributed by atoms with van der Waals surface area (Å²) in [6, 6.07) is -1.10. The topological polar surface area (TPSA) is 119 Å². The number of ether oxygens (including phenoxy) is 1. The van der Waals surface area contributed by atoms with Crippen LogP contribution in [0.5, 0.6) is 0 Å². The maximum absolute atomic E-state index is 10.7. The zero-order chi connectivity index (χ0) is 15.6. The Bertz CT molecular complexity index is 261. The van der Waals surface area contributed by atoms with E-state index in [0.717, 1.165) is 0 Å². The van der Waals surface area contributed by atoms with Gasteiger partial charge >= 0.3 is 0 Å². The predicted octanol–water partition coefficient (Wildman–Crippen LogP) is -1.47. The molecule has 0 radical (unpaired) electrons. The number of carbonyl (C=O) groups is 1. The van der Waals surface area contributed by atoms with Gasteiger partial charge in [-0.25, -0.2) is 0 Å². The van der Waals surface area contributed by atoms with E-state index in [1.165, 1.54) is 6.92 Å². The van der Waals surface area contributed by atoms with Crippen LogP contribution in [0.3, 0.4) is 0 Å². The highest BCUT2D eigenvalue weighted by molar-refractivity contribution is 5.73. The zero-order valence-corrected chi connectivity index (χ0v) is 11.0. The molecule has 1 amide bonds. The Morgan fingerprint density at radius 2 is 1.63 bits per heavy atom. The Hall–Kier alpha value is -1.25. The van der Waals surface area contributed by atoms with Crippen LogP contribution in [0.1, 0.15) is 6.92 Å². The van der Waals surface area contributed by atoms with Gasteiger partial charge in [-0.15, -0.1) is 26.3 Å². The quantitative estimate of drug-likeness (QED) is 0.393. The van der Waals surface area contributed by atoms with Crippen molar-refractivity contribution in [1.29, 1.82) is 0 Å². The van der Waals surface area contributed by atoms with E-state index in [-0.39, 0.29) is 0 Å². The fourth-order valence-electron chi connectivity index (χ4n) is 1.49. The average molecular weight is 277 g/mol. The molecule has 0 bridgehead atoms. The Balaban J connectivity index is 0. The van der Waals surface area contributed by atoms with Crippen molar-refractivity contribution in [3.63, 3.8) is 0 Å². The highest BCUT2D eigenvalue weighted by Gasteiger charge is 2.43. The zero-order valence-electron chi connectivity index (χ0n) is 11.0. The molecular weight excluding hydrogens is 254 g/mol. The van der Waals surface area contributed by atoms with Gasteiger partial charge in [0.25, 0.3) is 0 Å². The fourth-order valence-corrected chi connectivity index (χ4v) is 1.49. The molecule has 19 heavy (non-hydrogen) atoms. The molecule has 5 N–H and O–H groups in total. The molecule has 5 atom stereocenters. The van der Waals surface area contributed by atoms with E-state index >= 15 is 0 Å². The van der Waals surface area contributed by atoms with Crippen LogP contribution in [0, 0.1) is 0 Å². The van der Waals surface area contributed by atoms with Crippen LogP contribution in [0.4, 0.5) is 0 Å². The first-order valence-electron chi connectivity index (χ1n) is 5.55. The van der Waals surface area contributed by atoms with Crippen molar-refractivity contribution in [3.8, 4) is 0 Å². The first-order valence-corrected chi connectivity index (χ1v) is 5.55. The van der Waals surface area contributed by atoms with Gasteiger partial charge in [-0.3, -0.25) is 4.79 Å². The van der Waals surface area contributed by atoms with Gasteiger partial charge in [0, 0.05) is 6.92 Å². The van der Waals surface area contributed by atoms with Crippen LogP contribution in [-0.2, 0) is 9.53 Å². The summed E-state index contributed by atoms with van der Waals surface area (Å²) < 4.78 is 4.81. The molecular formula is C12H23NO6. The smallest absolute Gasteiger partial charge is 0.217 e. The minimum Gasteiger partial charge on any atom is -0.394 e. The molecule has 0 spiro atoms. The van der Waals surface area contributed by atoms with E-state index in [4.69, 9.17) is 9.84 Å². The number of carbonyl (C=O) groups excluding carboxylic acids is 1. The van der Waals surface area contributed by atoms with Gasteiger partial charge in [-0.1, -0.05) is 0 Å². The largest absolute Gasteiger partial charge is 0.394 e. The molecule has 1 heterocycles. The Kier molecular flexibility index (Phi) is 11.3. The third-order valence-corrected chi connectivity index (χ3v) is 2.27. The summed E-state index contributed by atoms with van der Waals surface area (Å²) in [6.07, 6.45) is -5.24. The molecule has 0 aromatic rings. The minimum atomic E-state index is -1.45. The van der Waals surface area contributed by atoms with Crippen LogP contribution in [-0.4, -0.2) is 63.6 Å². The summed E-state index contributed by atoms with van der Waals surface area (Å²) in [5.41, 5.74) is 0. The predicted molar refractivity (Wildman–Crippen MR) is 70.1 cm³/mol. The first-order chi connectivity index (χ1) is 8.97. The molecule has 0 saturated carbocycles. The summed E-state index contributed by atoms with van der Waals surface area (Å²) >= 11 is 0. The molecule has 3 unspecified atom stereocenters. The van der Waals surface area contributed by atoms with E-state index < -0.39 is 43.2 Å². The van der Waals surface area contributed by atoms with Gasteiger partial charge in [-0.05, 0) is 0 Å². The van der Waals surface area contributed by atoms with Gasteiger partial charge < -0.3 is 30.5 Å². The van der Waals surface area contributed by atoms with Crippen molar-refractivity contribution in [2.24, 2.45) is 0 Å². The third kappa shape index (κ3) is 5.95. The summed E-state index contributed by atoms with van der Waals surface area (Å²) in [4.78, 5) is 10.7. The van der Waals surface area contributed by atoms with E-state index in [0.29, 0.717) is 0 Å². The SMILES string of the molecule is C=C.C=C.CC(=O)NC1C(O)OC(CO)[C@H](O)[C@H]1O. The number of aliphatic hydroxyl groups is 4. The molecule has 0 aliphatic carbocycles. The molecule has 0 aromatic carbocycles. The second-order valence-corrected chi connectivity index (χ2v) is 3.46. The van der Waals surface area contributed by atoms with E-state index in [1.54, 1.807) is 0 Å². The van der Waals surface area contributed by atoms with E-state index in [2.05, 4.69) is 31.6 Å². The van der Waals surface area contributed by atoms with Crippen molar-refractivity contribution in [3.05, 3.63) is 26.3 Å². The van der Waals surface area contributed by atoms with Crippen molar-refractivity contribution in [2.45, 2.75) is 37.6 Å². The van der Waals surface area contributed by atoms with Gasteiger partial charge in [0.2, 0.25) is 5.91 Å². The van der Waals surface area contributed by atoms with Crippen molar-refractivity contribution < 1.29 is 30.0 Å². The Labute approximate surface area is 112 Å².